The Bertz CT molecular complexity index is 903. The highest BCUT2D eigenvalue weighted by atomic mass is 32.1. The third-order valence-electron chi connectivity index (χ3n) is 8.24. The van der Waals surface area contributed by atoms with Gasteiger partial charge in [0.2, 0.25) is 5.95 Å². The smallest absolute Gasteiger partial charge is 0.226 e. The predicted molar refractivity (Wildman–Crippen MR) is 139 cm³/mol. The van der Waals surface area contributed by atoms with Crippen LogP contribution in [0, 0.1) is 5.92 Å². The van der Waals surface area contributed by atoms with Gasteiger partial charge in [-0.25, -0.2) is 4.98 Å². The number of nitrogens with one attached hydrogen (secondary N) is 1. The van der Waals surface area contributed by atoms with E-state index in [9.17, 15) is 0 Å². The highest BCUT2D eigenvalue weighted by Gasteiger charge is 2.27. The summed E-state index contributed by atoms with van der Waals surface area (Å²) in [6.07, 6.45) is 12.9. The normalized spacial score (nSPS) is 23.6. The van der Waals surface area contributed by atoms with Crippen molar-refractivity contribution in [3.8, 4) is 0 Å². The number of aromatic nitrogens is 2. The van der Waals surface area contributed by atoms with Crippen LogP contribution in [-0.4, -0.2) is 67.9 Å². The predicted octanol–water partition coefficient (Wildman–Crippen LogP) is 5.50. The van der Waals surface area contributed by atoms with Gasteiger partial charge in [-0.05, 0) is 81.3 Å². The number of rotatable bonds is 8. The van der Waals surface area contributed by atoms with Crippen molar-refractivity contribution in [3.05, 3.63) is 10.9 Å². The second-order valence-corrected chi connectivity index (χ2v) is 11.3. The van der Waals surface area contributed by atoms with Gasteiger partial charge in [-0.3, -0.25) is 0 Å². The van der Waals surface area contributed by atoms with Gasteiger partial charge in [0.25, 0.3) is 0 Å². The average Bonchev–Trinajstić information content (AvgIpc) is 3.46. The van der Waals surface area contributed by atoms with Crippen molar-refractivity contribution in [3.63, 3.8) is 0 Å². The Morgan fingerprint density at radius 3 is 2.58 bits per heavy atom. The first-order valence-electron chi connectivity index (χ1n) is 13.2. The molecule has 2 aromatic heterocycles. The molecule has 1 saturated carbocycles. The van der Waals surface area contributed by atoms with E-state index >= 15 is 0 Å². The summed E-state index contributed by atoms with van der Waals surface area (Å²) in [6, 6.07) is 0.695. The highest BCUT2D eigenvalue weighted by Crippen LogP contribution is 2.42. The van der Waals surface area contributed by atoms with E-state index < -0.39 is 0 Å². The van der Waals surface area contributed by atoms with E-state index in [0.717, 1.165) is 38.6 Å². The first-order valence-corrected chi connectivity index (χ1v) is 14.1. The lowest BCUT2D eigenvalue weighted by molar-refractivity contribution is 0.139. The zero-order chi connectivity index (χ0) is 22.6. The molecule has 7 heteroatoms. The molecule has 0 spiro atoms. The van der Waals surface area contributed by atoms with Crippen molar-refractivity contribution < 1.29 is 4.74 Å². The quantitative estimate of drug-likeness (QED) is 0.549. The van der Waals surface area contributed by atoms with Crippen LogP contribution in [0.15, 0.2) is 5.38 Å². The second kappa shape index (κ2) is 10.9. The van der Waals surface area contributed by atoms with Crippen molar-refractivity contribution in [1.82, 2.24) is 14.9 Å². The van der Waals surface area contributed by atoms with Gasteiger partial charge < -0.3 is 19.9 Å². The van der Waals surface area contributed by atoms with Gasteiger partial charge in [0.15, 0.2) is 0 Å². The van der Waals surface area contributed by atoms with E-state index in [2.05, 4.69) is 27.5 Å². The zero-order valence-electron chi connectivity index (χ0n) is 20.5. The minimum absolute atomic E-state index is 0.671. The van der Waals surface area contributed by atoms with Crippen molar-refractivity contribution in [2.75, 3.05) is 57.2 Å². The van der Waals surface area contributed by atoms with Gasteiger partial charge in [-0.2, -0.15) is 4.98 Å². The Balaban J connectivity index is 1.38. The zero-order valence-corrected chi connectivity index (χ0v) is 21.3. The van der Waals surface area contributed by atoms with Crippen molar-refractivity contribution in [2.45, 2.75) is 76.2 Å². The van der Waals surface area contributed by atoms with Crippen LogP contribution in [-0.2, 0) is 4.74 Å². The molecule has 4 heterocycles. The number of likely N-dealkylation sites (tertiary alicyclic amines) is 1. The number of thiophene rings is 1. The largest absolute Gasteiger partial charge is 0.384 e. The molecule has 1 N–H and O–H groups in total. The minimum Gasteiger partial charge on any atom is -0.384 e. The topological polar surface area (TPSA) is 53.5 Å². The van der Waals surface area contributed by atoms with Crippen LogP contribution >= 0.6 is 11.3 Å². The average molecular weight is 472 g/mol. The minimum atomic E-state index is 0.671. The first-order chi connectivity index (χ1) is 16.2. The number of methoxy groups -OCH3 is 1. The Morgan fingerprint density at radius 1 is 1.03 bits per heavy atom. The SMILES string of the molecule is COCC1CCN(c2nc(NCCC3CCCN3C)nc3scc(C4CCCCC4)c23)CC1. The summed E-state index contributed by atoms with van der Waals surface area (Å²) in [7, 11) is 4.08. The molecular formula is C26H41N5OS. The Labute approximate surface area is 203 Å². The summed E-state index contributed by atoms with van der Waals surface area (Å²) in [4.78, 5) is 16.4. The van der Waals surface area contributed by atoms with Crippen LogP contribution in [0.25, 0.3) is 10.2 Å². The van der Waals surface area contributed by atoms with Gasteiger partial charge in [0.1, 0.15) is 10.6 Å². The van der Waals surface area contributed by atoms with E-state index in [1.165, 1.54) is 85.9 Å². The fourth-order valence-corrected chi connectivity index (χ4v) is 7.22. The molecule has 0 amide bonds. The first kappa shape index (κ1) is 23.3. The maximum Gasteiger partial charge on any atom is 0.226 e. The molecule has 6 nitrogen and oxygen atoms in total. The number of nitrogens with zero attached hydrogens (tertiary/aromatic N) is 4. The maximum atomic E-state index is 5.44. The highest BCUT2D eigenvalue weighted by molar-refractivity contribution is 7.17. The maximum absolute atomic E-state index is 5.44. The molecule has 1 aliphatic carbocycles. The van der Waals surface area contributed by atoms with Gasteiger partial charge in [-0.1, -0.05) is 19.3 Å². The molecule has 2 aliphatic heterocycles. The lowest BCUT2D eigenvalue weighted by Gasteiger charge is -2.33. The van der Waals surface area contributed by atoms with Crippen LogP contribution in [0.4, 0.5) is 11.8 Å². The molecule has 2 saturated heterocycles. The number of hydrogen-bond acceptors (Lipinski definition) is 7. The van der Waals surface area contributed by atoms with Crippen LogP contribution < -0.4 is 10.2 Å². The molecule has 3 aliphatic rings. The lowest BCUT2D eigenvalue weighted by Crippen LogP contribution is -2.36. The third kappa shape index (κ3) is 5.30. The number of hydrogen-bond donors (Lipinski definition) is 1. The second-order valence-electron chi connectivity index (χ2n) is 10.5. The summed E-state index contributed by atoms with van der Waals surface area (Å²) in [5.41, 5.74) is 1.52. The molecule has 5 rings (SSSR count). The molecule has 0 radical (unpaired) electrons. The molecule has 33 heavy (non-hydrogen) atoms. The van der Waals surface area contributed by atoms with E-state index in [1.54, 1.807) is 0 Å². The van der Waals surface area contributed by atoms with Crippen LogP contribution in [0.3, 0.4) is 0 Å². The van der Waals surface area contributed by atoms with Crippen LogP contribution in [0.2, 0.25) is 0 Å². The Hall–Kier alpha value is -1.44. The summed E-state index contributed by atoms with van der Waals surface area (Å²) in [5, 5.41) is 7.33. The summed E-state index contributed by atoms with van der Waals surface area (Å²) >= 11 is 1.82. The van der Waals surface area contributed by atoms with E-state index in [-0.39, 0.29) is 0 Å². The van der Waals surface area contributed by atoms with Crippen LogP contribution in [0.1, 0.15) is 75.7 Å². The number of fused-ring (bicyclic) bond motifs is 1. The fourth-order valence-electron chi connectivity index (χ4n) is 6.21. The molecule has 182 valence electrons. The Kier molecular flexibility index (Phi) is 7.68. The molecule has 1 atom stereocenters. The lowest BCUT2D eigenvalue weighted by atomic mass is 9.84. The Morgan fingerprint density at radius 2 is 1.85 bits per heavy atom. The van der Waals surface area contributed by atoms with Crippen molar-refractivity contribution in [1.29, 1.82) is 0 Å². The monoisotopic (exact) mass is 471 g/mol. The van der Waals surface area contributed by atoms with Crippen molar-refractivity contribution >= 4 is 33.3 Å². The number of ether oxygens (including phenoxy) is 1. The molecule has 2 aromatic rings. The molecular weight excluding hydrogens is 430 g/mol. The fraction of sp³-hybridized carbons (Fsp3) is 0.769. The van der Waals surface area contributed by atoms with Gasteiger partial charge in [0.05, 0.1) is 5.39 Å². The third-order valence-corrected chi connectivity index (χ3v) is 9.13. The van der Waals surface area contributed by atoms with E-state index in [0.29, 0.717) is 17.9 Å². The summed E-state index contributed by atoms with van der Waals surface area (Å²) in [6.45, 7) is 5.17. The van der Waals surface area contributed by atoms with E-state index in [4.69, 9.17) is 14.7 Å². The molecule has 1 unspecified atom stereocenters. The van der Waals surface area contributed by atoms with Gasteiger partial charge >= 0.3 is 0 Å². The number of piperidine rings is 1. The van der Waals surface area contributed by atoms with E-state index in [1.807, 2.05) is 18.4 Å². The van der Waals surface area contributed by atoms with Gasteiger partial charge in [-0.15, -0.1) is 11.3 Å². The van der Waals surface area contributed by atoms with Gasteiger partial charge in [0, 0.05) is 39.4 Å². The molecule has 0 bridgehead atoms. The standard InChI is InChI=1S/C26H41N5OS/c1-30-14-6-9-21(30)10-13-27-26-28-24(31-15-11-19(12-16-31)17-32-2)23-22(18-33-25(23)29-26)20-7-4-3-5-8-20/h18-21H,3-17H2,1-2H3,(H,27,28,29). The summed E-state index contributed by atoms with van der Waals surface area (Å²) < 4.78 is 5.44. The van der Waals surface area contributed by atoms with Crippen LogP contribution in [0.5, 0.6) is 0 Å². The van der Waals surface area contributed by atoms with Crippen molar-refractivity contribution in [2.24, 2.45) is 5.92 Å². The molecule has 0 aromatic carbocycles. The summed E-state index contributed by atoms with van der Waals surface area (Å²) in [5.74, 6) is 3.34. The molecule has 3 fully saturated rings. The number of anilines is 2.